The van der Waals surface area contributed by atoms with Crippen LogP contribution in [0.15, 0.2) is 36.7 Å². The minimum Gasteiger partial charge on any atom is -0.493 e. The van der Waals surface area contributed by atoms with Crippen LogP contribution in [0.4, 0.5) is 20.7 Å². The average molecular weight is 504 g/mol. The highest BCUT2D eigenvalue weighted by atomic mass is 35.5. The number of hydrogen-bond donors (Lipinski definition) is 3. The van der Waals surface area contributed by atoms with Crippen LogP contribution in [0.25, 0.3) is 10.9 Å². The van der Waals surface area contributed by atoms with Gasteiger partial charge in [0.15, 0.2) is 17.3 Å². The van der Waals surface area contributed by atoms with Gasteiger partial charge in [0, 0.05) is 37.9 Å². The van der Waals surface area contributed by atoms with Gasteiger partial charge in [0.25, 0.3) is 0 Å². The summed E-state index contributed by atoms with van der Waals surface area (Å²) in [4.78, 5) is 33.5. The number of rotatable bonds is 6. The van der Waals surface area contributed by atoms with Crippen molar-refractivity contribution in [2.75, 3.05) is 26.0 Å². The number of likely N-dealkylation sites (tertiary alicyclic amines) is 1. The molecule has 2 heterocycles. The van der Waals surface area contributed by atoms with E-state index in [1.165, 1.54) is 32.6 Å². The number of carbonyl (C=O) groups is 2. The number of methoxy groups -OCH3 is 1. The molecule has 0 spiro atoms. The Morgan fingerprint density at radius 2 is 2.06 bits per heavy atom. The smallest absolute Gasteiger partial charge is 0.407 e. The van der Waals surface area contributed by atoms with Crippen molar-refractivity contribution in [3.63, 3.8) is 0 Å². The summed E-state index contributed by atoms with van der Waals surface area (Å²) >= 11 is 5.89. The zero-order chi connectivity index (χ0) is 25.1. The first-order valence-corrected chi connectivity index (χ1v) is 11.1. The van der Waals surface area contributed by atoms with Gasteiger partial charge in [-0.25, -0.2) is 19.2 Å². The number of amides is 2. The number of piperidine rings is 1. The van der Waals surface area contributed by atoms with E-state index in [2.05, 4.69) is 20.6 Å². The van der Waals surface area contributed by atoms with E-state index >= 15 is 0 Å². The Bertz CT molecular complexity index is 1280. The molecule has 10 nitrogen and oxygen atoms in total. The maximum atomic E-state index is 14.5. The molecule has 1 aromatic heterocycles. The van der Waals surface area contributed by atoms with Gasteiger partial charge in [-0.1, -0.05) is 17.7 Å². The molecular weight excluding hydrogens is 481 g/mol. The molecule has 1 aliphatic heterocycles. The quantitative estimate of drug-likeness (QED) is 0.463. The normalized spacial score (nSPS) is 17.7. The van der Waals surface area contributed by atoms with Crippen molar-refractivity contribution >= 4 is 46.0 Å². The maximum Gasteiger partial charge on any atom is 0.407 e. The third kappa shape index (κ3) is 4.99. The molecule has 1 aliphatic rings. The number of halogens is 2. The van der Waals surface area contributed by atoms with Gasteiger partial charge < -0.3 is 25.2 Å². The molecule has 4 rings (SSSR count). The van der Waals surface area contributed by atoms with Gasteiger partial charge in [0.1, 0.15) is 24.3 Å². The summed E-state index contributed by atoms with van der Waals surface area (Å²) in [5, 5.41) is 15.4. The van der Waals surface area contributed by atoms with Gasteiger partial charge in [-0.2, -0.15) is 0 Å². The third-order valence-corrected chi connectivity index (χ3v) is 6.06. The number of anilines is 2. The van der Waals surface area contributed by atoms with E-state index in [1.54, 1.807) is 18.2 Å². The predicted octanol–water partition coefficient (Wildman–Crippen LogP) is 3.81. The lowest BCUT2D eigenvalue weighted by molar-refractivity contribution is -0.127. The Kier molecular flexibility index (Phi) is 7.06. The molecule has 2 aromatic carbocycles. The number of likely N-dealkylation sites (N-methyl/N-ethyl adjacent to an activating group) is 1. The number of ether oxygens (including phenoxy) is 2. The Hall–Kier alpha value is -3.86. The van der Waals surface area contributed by atoms with Gasteiger partial charge in [-0.15, -0.1) is 0 Å². The summed E-state index contributed by atoms with van der Waals surface area (Å²) in [5.41, 5.74) is 0.670. The average Bonchev–Trinajstić information content (AvgIpc) is 2.86. The molecule has 3 N–H and O–H groups in total. The molecule has 3 aromatic rings. The van der Waals surface area contributed by atoms with Gasteiger partial charge in [-0.05, 0) is 18.2 Å². The molecule has 184 valence electrons. The van der Waals surface area contributed by atoms with Gasteiger partial charge in [0.2, 0.25) is 5.91 Å². The molecule has 2 amide bonds. The molecule has 0 unspecified atom stereocenters. The number of benzene rings is 2. The highest BCUT2D eigenvalue weighted by molar-refractivity contribution is 6.31. The van der Waals surface area contributed by atoms with E-state index in [-0.39, 0.29) is 23.7 Å². The van der Waals surface area contributed by atoms with Crippen molar-refractivity contribution in [2.24, 2.45) is 0 Å². The highest BCUT2D eigenvalue weighted by Gasteiger charge is 2.37. The molecule has 2 atom stereocenters. The summed E-state index contributed by atoms with van der Waals surface area (Å²) in [6.45, 7) is 0.137. The first-order valence-electron chi connectivity index (χ1n) is 10.7. The van der Waals surface area contributed by atoms with Crippen LogP contribution in [-0.2, 0) is 4.79 Å². The number of nitrogens with one attached hydrogen (secondary N) is 2. The van der Waals surface area contributed by atoms with Crippen LogP contribution in [0.5, 0.6) is 11.5 Å². The zero-order valence-corrected chi connectivity index (χ0v) is 19.7. The minimum atomic E-state index is -1.17. The molecule has 12 heteroatoms. The summed E-state index contributed by atoms with van der Waals surface area (Å²) in [6, 6.07) is 7.03. The van der Waals surface area contributed by atoms with E-state index in [9.17, 15) is 19.1 Å². The SMILES string of the molecule is CNC(=O)[C@H]1C[C@H](Oc2cc3c(Nc4cccc(Cl)c4F)ncnc3cc2OC)CCN1C(=O)O. The van der Waals surface area contributed by atoms with Crippen LogP contribution in [0.1, 0.15) is 12.8 Å². The number of aromatic nitrogens is 2. The molecule has 1 fully saturated rings. The first kappa shape index (κ1) is 24.3. The van der Waals surface area contributed by atoms with E-state index in [0.717, 1.165) is 4.90 Å². The van der Waals surface area contributed by atoms with E-state index < -0.39 is 30.0 Å². The predicted molar refractivity (Wildman–Crippen MR) is 127 cm³/mol. The van der Waals surface area contributed by atoms with Crippen molar-refractivity contribution < 1.29 is 28.6 Å². The van der Waals surface area contributed by atoms with Crippen LogP contribution in [0, 0.1) is 5.82 Å². The number of nitrogens with zero attached hydrogens (tertiary/aromatic N) is 3. The van der Waals surface area contributed by atoms with Crippen molar-refractivity contribution in [3.8, 4) is 11.5 Å². The largest absolute Gasteiger partial charge is 0.493 e. The second kappa shape index (κ2) is 10.2. The lowest BCUT2D eigenvalue weighted by atomic mass is 9.99. The summed E-state index contributed by atoms with van der Waals surface area (Å²) < 4.78 is 26.1. The van der Waals surface area contributed by atoms with Crippen LogP contribution in [0.2, 0.25) is 5.02 Å². The molecular formula is C23H23ClFN5O5. The second-order valence-corrected chi connectivity index (χ2v) is 8.25. The first-order chi connectivity index (χ1) is 16.8. The van der Waals surface area contributed by atoms with Crippen molar-refractivity contribution in [1.82, 2.24) is 20.2 Å². The van der Waals surface area contributed by atoms with Crippen molar-refractivity contribution in [1.29, 1.82) is 0 Å². The van der Waals surface area contributed by atoms with Gasteiger partial charge in [0.05, 0.1) is 23.3 Å². The minimum absolute atomic E-state index is 0.0302. The summed E-state index contributed by atoms with van der Waals surface area (Å²) in [7, 11) is 2.94. The topological polar surface area (TPSA) is 126 Å². The van der Waals surface area contributed by atoms with Gasteiger partial charge in [-0.3, -0.25) is 9.69 Å². The monoisotopic (exact) mass is 503 g/mol. The number of fused-ring (bicyclic) bond motifs is 1. The van der Waals surface area contributed by atoms with Crippen LogP contribution >= 0.6 is 11.6 Å². The van der Waals surface area contributed by atoms with Crippen molar-refractivity contribution in [3.05, 3.63) is 47.5 Å². The highest BCUT2D eigenvalue weighted by Crippen LogP contribution is 2.37. The fraction of sp³-hybridized carbons (Fsp3) is 0.304. The summed E-state index contributed by atoms with van der Waals surface area (Å²) in [5.74, 6) is 0.0562. The van der Waals surface area contributed by atoms with Crippen molar-refractivity contribution in [2.45, 2.75) is 25.0 Å². The maximum absolute atomic E-state index is 14.5. The van der Waals surface area contributed by atoms with Crippen LogP contribution in [-0.4, -0.2) is 64.8 Å². The van der Waals surface area contributed by atoms with Crippen LogP contribution < -0.4 is 20.1 Å². The van der Waals surface area contributed by atoms with Gasteiger partial charge >= 0.3 is 6.09 Å². The lowest BCUT2D eigenvalue weighted by Gasteiger charge is -2.36. The fourth-order valence-corrected chi connectivity index (χ4v) is 4.18. The molecule has 0 radical (unpaired) electrons. The molecule has 1 saturated heterocycles. The number of carboxylic acid groups (broad SMARTS) is 1. The third-order valence-electron chi connectivity index (χ3n) is 5.77. The van der Waals surface area contributed by atoms with E-state index in [0.29, 0.717) is 34.6 Å². The second-order valence-electron chi connectivity index (χ2n) is 7.84. The zero-order valence-electron chi connectivity index (χ0n) is 18.9. The lowest BCUT2D eigenvalue weighted by Crippen LogP contribution is -2.54. The number of carbonyl (C=O) groups excluding carboxylic acids is 1. The Balaban J connectivity index is 1.66. The summed E-state index contributed by atoms with van der Waals surface area (Å²) in [6.07, 6.45) is 0.262. The van der Waals surface area contributed by atoms with E-state index in [1.807, 2.05) is 0 Å². The Morgan fingerprint density at radius 3 is 2.77 bits per heavy atom. The Morgan fingerprint density at radius 1 is 1.26 bits per heavy atom. The van der Waals surface area contributed by atoms with E-state index in [4.69, 9.17) is 21.1 Å². The fourth-order valence-electron chi connectivity index (χ4n) is 4.01. The molecule has 35 heavy (non-hydrogen) atoms. The molecule has 0 aliphatic carbocycles. The molecule has 0 bridgehead atoms. The Labute approximate surface area is 205 Å². The molecule has 0 saturated carbocycles. The standard InChI is InChI=1S/C23H23ClFN5O5/c1-26-22(31)17-8-12(6-7-30(17)23(32)33)35-19-9-13-16(10-18(19)34-2)27-11-28-21(13)29-15-5-3-4-14(24)20(15)25/h3-5,9-12,17H,6-8H2,1-2H3,(H,26,31)(H,32,33)(H,27,28,29)/t12-,17-/m1/s1. The number of hydrogen-bond acceptors (Lipinski definition) is 7. The van der Waals surface area contributed by atoms with Crippen LogP contribution in [0.3, 0.4) is 0 Å².